The van der Waals surface area contributed by atoms with Crippen LogP contribution in [0.3, 0.4) is 0 Å². The quantitative estimate of drug-likeness (QED) is 0.747. The van der Waals surface area contributed by atoms with Crippen molar-refractivity contribution in [2.45, 2.75) is 50.9 Å². The van der Waals surface area contributed by atoms with Crippen molar-refractivity contribution < 1.29 is 14.4 Å². The predicted molar refractivity (Wildman–Crippen MR) is 102 cm³/mol. The molecule has 3 fully saturated rings. The molecule has 5 rings (SSSR count). The summed E-state index contributed by atoms with van der Waals surface area (Å²) in [5.74, 6) is -0.721. The Kier molecular flexibility index (Phi) is 4.07. The highest BCUT2D eigenvalue weighted by atomic mass is 16.2. The minimum absolute atomic E-state index is 0.102. The number of piperidine rings is 1. The van der Waals surface area contributed by atoms with Crippen LogP contribution in [0, 0.1) is 5.41 Å². The lowest BCUT2D eigenvalue weighted by Crippen LogP contribution is -2.52. The fourth-order valence-electron chi connectivity index (χ4n) is 5.18. The summed E-state index contributed by atoms with van der Waals surface area (Å²) in [6.45, 7) is 3.40. The van der Waals surface area contributed by atoms with E-state index in [4.69, 9.17) is 0 Å². The molecule has 7 heteroatoms. The molecule has 4 aliphatic rings. The number of likely N-dealkylation sites (N-methyl/N-ethyl adjacent to an activating group) is 1. The number of benzene rings is 1. The van der Waals surface area contributed by atoms with E-state index >= 15 is 0 Å². The Hall–Kier alpha value is -2.25. The van der Waals surface area contributed by atoms with Crippen LogP contribution in [-0.4, -0.2) is 59.7 Å². The molecule has 28 heavy (non-hydrogen) atoms. The zero-order valence-electron chi connectivity index (χ0n) is 16.2. The Bertz CT molecular complexity index is 863. The third kappa shape index (κ3) is 2.84. The van der Waals surface area contributed by atoms with Crippen LogP contribution >= 0.6 is 0 Å². The van der Waals surface area contributed by atoms with Crippen molar-refractivity contribution in [3.05, 3.63) is 34.9 Å². The highest BCUT2D eigenvalue weighted by molar-refractivity contribution is 6.05. The molecule has 2 saturated heterocycles. The second kappa shape index (κ2) is 6.39. The van der Waals surface area contributed by atoms with E-state index in [2.05, 4.69) is 28.6 Å². The molecule has 1 saturated carbocycles. The molecule has 148 valence electrons. The van der Waals surface area contributed by atoms with Gasteiger partial charge < -0.3 is 10.2 Å². The fraction of sp³-hybridized carbons (Fsp3) is 0.571. The lowest BCUT2D eigenvalue weighted by atomic mass is 9.98. The maximum absolute atomic E-state index is 13.0. The molecule has 1 aliphatic carbocycles. The third-order valence-corrected chi connectivity index (χ3v) is 6.97. The molecule has 3 amide bonds. The van der Waals surface area contributed by atoms with Crippen molar-refractivity contribution in [1.29, 1.82) is 0 Å². The van der Waals surface area contributed by atoms with Gasteiger partial charge in [-0.05, 0) is 48.9 Å². The zero-order valence-corrected chi connectivity index (χ0v) is 16.2. The van der Waals surface area contributed by atoms with E-state index in [1.807, 2.05) is 12.1 Å². The van der Waals surface area contributed by atoms with Crippen LogP contribution < -0.4 is 10.6 Å². The lowest BCUT2D eigenvalue weighted by Gasteiger charge is -2.29. The Morgan fingerprint density at radius 3 is 2.82 bits per heavy atom. The van der Waals surface area contributed by atoms with Crippen LogP contribution in [0.5, 0.6) is 0 Å². The standard InChI is InChI=1S/C21H26N4O3/c1-24(17-9-22-12-21(17)6-7-21)10-13-2-3-14-11-25(20(28)15(14)8-13)16-4-5-18(26)23-19(16)27/h2-3,8,16-17,22H,4-7,9-12H2,1H3,(H,23,26,27). The molecule has 1 aromatic carbocycles. The van der Waals surface area contributed by atoms with Gasteiger partial charge in [0.2, 0.25) is 11.8 Å². The van der Waals surface area contributed by atoms with Crippen LogP contribution in [0.2, 0.25) is 0 Å². The van der Waals surface area contributed by atoms with Crippen molar-refractivity contribution in [2.24, 2.45) is 5.41 Å². The van der Waals surface area contributed by atoms with Gasteiger partial charge in [0, 0.05) is 44.2 Å². The normalized spacial score (nSPS) is 28.2. The average molecular weight is 382 g/mol. The van der Waals surface area contributed by atoms with Gasteiger partial charge in [0.1, 0.15) is 6.04 Å². The van der Waals surface area contributed by atoms with E-state index in [0.29, 0.717) is 30.0 Å². The van der Waals surface area contributed by atoms with Gasteiger partial charge in [-0.1, -0.05) is 12.1 Å². The van der Waals surface area contributed by atoms with E-state index in [1.165, 1.54) is 12.8 Å². The van der Waals surface area contributed by atoms with Crippen molar-refractivity contribution in [3.8, 4) is 0 Å². The zero-order chi connectivity index (χ0) is 19.5. The summed E-state index contributed by atoms with van der Waals surface area (Å²) in [4.78, 5) is 40.6. The molecule has 0 radical (unpaired) electrons. The first-order valence-electron chi connectivity index (χ1n) is 10.1. The second-order valence-electron chi connectivity index (χ2n) is 8.82. The number of fused-ring (bicyclic) bond motifs is 1. The molecule has 0 aromatic heterocycles. The number of rotatable bonds is 4. The molecule has 2 atom stereocenters. The first-order valence-corrected chi connectivity index (χ1v) is 10.1. The molecule has 2 unspecified atom stereocenters. The van der Waals surface area contributed by atoms with Gasteiger partial charge in [0.05, 0.1) is 0 Å². The summed E-state index contributed by atoms with van der Waals surface area (Å²) < 4.78 is 0. The van der Waals surface area contributed by atoms with Gasteiger partial charge in [-0.15, -0.1) is 0 Å². The van der Waals surface area contributed by atoms with Crippen molar-refractivity contribution >= 4 is 17.7 Å². The summed E-state index contributed by atoms with van der Waals surface area (Å²) >= 11 is 0. The van der Waals surface area contributed by atoms with E-state index in [-0.39, 0.29) is 24.1 Å². The van der Waals surface area contributed by atoms with Gasteiger partial charge in [-0.25, -0.2) is 0 Å². The second-order valence-corrected chi connectivity index (χ2v) is 8.82. The van der Waals surface area contributed by atoms with Crippen LogP contribution in [0.15, 0.2) is 18.2 Å². The van der Waals surface area contributed by atoms with E-state index in [0.717, 1.165) is 30.8 Å². The smallest absolute Gasteiger partial charge is 0.255 e. The molecule has 1 spiro atoms. The monoisotopic (exact) mass is 382 g/mol. The Balaban J connectivity index is 1.31. The van der Waals surface area contributed by atoms with Crippen molar-refractivity contribution in [1.82, 2.24) is 20.4 Å². The largest absolute Gasteiger partial charge is 0.322 e. The summed E-state index contributed by atoms with van der Waals surface area (Å²) in [5.41, 5.74) is 3.25. The van der Waals surface area contributed by atoms with Crippen LogP contribution in [-0.2, 0) is 22.7 Å². The van der Waals surface area contributed by atoms with Crippen molar-refractivity contribution in [3.63, 3.8) is 0 Å². The van der Waals surface area contributed by atoms with E-state index in [9.17, 15) is 14.4 Å². The predicted octanol–water partition coefficient (Wildman–Crippen LogP) is 0.631. The van der Waals surface area contributed by atoms with E-state index in [1.54, 1.807) is 4.90 Å². The molecular weight excluding hydrogens is 356 g/mol. The number of hydrogen-bond donors (Lipinski definition) is 2. The Morgan fingerprint density at radius 2 is 2.07 bits per heavy atom. The molecule has 3 heterocycles. The molecule has 2 N–H and O–H groups in total. The average Bonchev–Trinajstić information content (AvgIpc) is 3.19. The summed E-state index contributed by atoms with van der Waals surface area (Å²) in [5, 5.41) is 5.88. The summed E-state index contributed by atoms with van der Waals surface area (Å²) in [7, 11) is 2.17. The molecular formula is C21H26N4O3. The van der Waals surface area contributed by atoms with Crippen LogP contribution in [0.25, 0.3) is 0 Å². The van der Waals surface area contributed by atoms with Gasteiger partial charge in [0.15, 0.2) is 0 Å². The number of nitrogens with one attached hydrogen (secondary N) is 2. The minimum Gasteiger partial charge on any atom is -0.322 e. The molecule has 7 nitrogen and oxygen atoms in total. The summed E-state index contributed by atoms with van der Waals surface area (Å²) in [6, 6.07) is 6.10. The topological polar surface area (TPSA) is 81.8 Å². The van der Waals surface area contributed by atoms with Gasteiger partial charge >= 0.3 is 0 Å². The SMILES string of the molecule is CN(Cc1ccc2c(c1)C(=O)N(C1CCC(=O)NC1=O)C2)C1CNCC12CC2. The highest BCUT2D eigenvalue weighted by Crippen LogP contribution is 2.52. The van der Waals surface area contributed by atoms with Crippen LogP contribution in [0.1, 0.15) is 47.2 Å². The first-order chi connectivity index (χ1) is 13.5. The number of nitrogens with zero attached hydrogens (tertiary/aromatic N) is 2. The first kappa shape index (κ1) is 17.8. The van der Waals surface area contributed by atoms with E-state index < -0.39 is 6.04 Å². The van der Waals surface area contributed by atoms with Gasteiger partial charge in [-0.3, -0.25) is 24.6 Å². The van der Waals surface area contributed by atoms with Crippen LogP contribution in [0.4, 0.5) is 0 Å². The molecule has 3 aliphatic heterocycles. The third-order valence-electron chi connectivity index (χ3n) is 6.97. The number of amides is 3. The lowest BCUT2D eigenvalue weighted by molar-refractivity contribution is -0.136. The van der Waals surface area contributed by atoms with Crippen molar-refractivity contribution in [2.75, 3.05) is 20.1 Å². The Morgan fingerprint density at radius 1 is 1.25 bits per heavy atom. The summed E-state index contributed by atoms with van der Waals surface area (Å²) in [6.07, 6.45) is 3.29. The number of carbonyl (C=O) groups is 3. The Labute approximate surface area is 164 Å². The molecule has 1 aromatic rings. The fourth-order valence-corrected chi connectivity index (χ4v) is 5.18. The maximum atomic E-state index is 13.0. The van der Waals surface area contributed by atoms with Gasteiger partial charge in [0.25, 0.3) is 5.91 Å². The maximum Gasteiger partial charge on any atom is 0.255 e. The number of imide groups is 1. The molecule has 0 bridgehead atoms. The number of hydrogen-bond acceptors (Lipinski definition) is 5. The highest BCUT2D eigenvalue weighted by Gasteiger charge is 2.53. The minimum atomic E-state index is -0.553. The number of carbonyl (C=O) groups excluding carboxylic acids is 3. The van der Waals surface area contributed by atoms with Gasteiger partial charge in [-0.2, -0.15) is 0 Å².